The molecule has 0 unspecified atom stereocenters. The van der Waals surface area contributed by atoms with E-state index in [2.05, 4.69) is 5.10 Å². The molecule has 6 nitrogen and oxygen atoms in total. The number of benzene rings is 2. The minimum Gasteiger partial charge on any atom is -0.465 e. The fourth-order valence-electron chi connectivity index (χ4n) is 2.59. The zero-order valence-corrected chi connectivity index (χ0v) is 14.9. The lowest BCUT2D eigenvalue weighted by molar-refractivity contribution is 0.0549. The first-order chi connectivity index (χ1) is 12.6. The number of aromatic nitrogens is 2. The molecule has 26 heavy (non-hydrogen) atoms. The predicted molar refractivity (Wildman–Crippen MR) is 96.7 cm³/mol. The van der Waals surface area contributed by atoms with Crippen molar-refractivity contribution in [1.29, 1.82) is 0 Å². The summed E-state index contributed by atoms with van der Waals surface area (Å²) in [5.41, 5.74) is 1.47. The van der Waals surface area contributed by atoms with Crippen LogP contribution in [0.5, 0.6) is 0 Å². The zero-order valence-electron chi connectivity index (χ0n) is 14.1. The first-order valence-corrected chi connectivity index (χ1v) is 8.05. The van der Waals surface area contributed by atoms with E-state index in [0.29, 0.717) is 16.3 Å². The van der Waals surface area contributed by atoms with Gasteiger partial charge in [-0.2, -0.15) is 5.10 Å². The van der Waals surface area contributed by atoms with Crippen molar-refractivity contribution in [3.05, 3.63) is 70.9 Å². The van der Waals surface area contributed by atoms with Crippen LogP contribution in [0.4, 0.5) is 0 Å². The highest BCUT2D eigenvalue weighted by Crippen LogP contribution is 2.30. The number of hydrogen-bond donors (Lipinski definition) is 0. The standard InChI is InChI=1S/C19H15ClN2O4/c1-25-18(23)15-16(12-7-6-8-13(20)11-12)21-22(17(15)19(24)26-2)14-9-4-3-5-10-14/h3-11H,1-2H3. The Morgan fingerprint density at radius 1 is 0.962 bits per heavy atom. The Morgan fingerprint density at radius 2 is 1.65 bits per heavy atom. The Kier molecular flexibility index (Phi) is 5.04. The molecule has 132 valence electrons. The van der Waals surface area contributed by atoms with E-state index in [4.69, 9.17) is 21.1 Å². The van der Waals surface area contributed by atoms with Crippen molar-refractivity contribution in [2.45, 2.75) is 0 Å². The van der Waals surface area contributed by atoms with Crippen LogP contribution in [-0.2, 0) is 9.47 Å². The summed E-state index contributed by atoms with van der Waals surface area (Å²) in [5.74, 6) is -1.39. The highest BCUT2D eigenvalue weighted by molar-refractivity contribution is 6.30. The number of esters is 2. The molecular weight excluding hydrogens is 356 g/mol. The van der Waals surface area contributed by atoms with Gasteiger partial charge >= 0.3 is 11.9 Å². The van der Waals surface area contributed by atoms with Crippen LogP contribution in [0.25, 0.3) is 16.9 Å². The highest BCUT2D eigenvalue weighted by Gasteiger charge is 2.31. The molecule has 0 amide bonds. The summed E-state index contributed by atoms with van der Waals surface area (Å²) < 4.78 is 11.1. The van der Waals surface area contributed by atoms with Crippen molar-refractivity contribution in [1.82, 2.24) is 9.78 Å². The number of carbonyl (C=O) groups is 2. The van der Waals surface area contributed by atoms with Crippen LogP contribution in [0.3, 0.4) is 0 Å². The number of hydrogen-bond acceptors (Lipinski definition) is 5. The first-order valence-electron chi connectivity index (χ1n) is 7.67. The second-order valence-electron chi connectivity index (χ2n) is 5.31. The molecule has 2 aromatic carbocycles. The molecule has 1 aromatic heterocycles. The van der Waals surface area contributed by atoms with Gasteiger partial charge < -0.3 is 9.47 Å². The van der Waals surface area contributed by atoms with Gasteiger partial charge in [0.05, 0.1) is 19.9 Å². The van der Waals surface area contributed by atoms with Gasteiger partial charge in [-0.25, -0.2) is 14.3 Å². The van der Waals surface area contributed by atoms with E-state index in [1.807, 2.05) is 6.07 Å². The summed E-state index contributed by atoms with van der Waals surface area (Å²) in [4.78, 5) is 24.9. The second kappa shape index (κ2) is 7.41. The summed E-state index contributed by atoms with van der Waals surface area (Å²) in [6.07, 6.45) is 0. The van der Waals surface area contributed by atoms with E-state index in [9.17, 15) is 9.59 Å². The molecule has 0 fully saturated rings. The van der Waals surface area contributed by atoms with E-state index in [1.165, 1.54) is 18.9 Å². The molecule has 0 radical (unpaired) electrons. The quantitative estimate of drug-likeness (QED) is 0.654. The van der Waals surface area contributed by atoms with Gasteiger partial charge in [0.1, 0.15) is 11.3 Å². The molecule has 0 saturated heterocycles. The van der Waals surface area contributed by atoms with Crippen LogP contribution in [0.1, 0.15) is 20.8 Å². The van der Waals surface area contributed by atoms with Crippen molar-refractivity contribution >= 4 is 23.5 Å². The molecule has 0 aliphatic heterocycles. The molecule has 1 heterocycles. The maximum absolute atomic E-state index is 12.5. The summed E-state index contributed by atoms with van der Waals surface area (Å²) in [7, 11) is 2.48. The van der Waals surface area contributed by atoms with Crippen molar-refractivity contribution in [3.63, 3.8) is 0 Å². The van der Waals surface area contributed by atoms with Gasteiger partial charge in [0.15, 0.2) is 5.69 Å². The third-order valence-corrected chi connectivity index (χ3v) is 3.99. The van der Waals surface area contributed by atoms with E-state index < -0.39 is 11.9 Å². The van der Waals surface area contributed by atoms with Crippen molar-refractivity contribution in [2.75, 3.05) is 14.2 Å². The molecule has 0 aliphatic carbocycles. The van der Waals surface area contributed by atoms with Gasteiger partial charge in [-0.1, -0.05) is 41.9 Å². The van der Waals surface area contributed by atoms with E-state index in [-0.39, 0.29) is 17.0 Å². The fraction of sp³-hybridized carbons (Fsp3) is 0.105. The van der Waals surface area contributed by atoms with Crippen LogP contribution < -0.4 is 0 Å². The fourth-order valence-corrected chi connectivity index (χ4v) is 2.78. The Bertz CT molecular complexity index is 967. The lowest BCUT2D eigenvalue weighted by Gasteiger charge is -2.07. The minimum atomic E-state index is -0.699. The Hall–Kier alpha value is -3.12. The van der Waals surface area contributed by atoms with Gasteiger partial charge in [-0.05, 0) is 24.3 Å². The lowest BCUT2D eigenvalue weighted by Crippen LogP contribution is -2.15. The topological polar surface area (TPSA) is 70.4 Å². The molecule has 3 rings (SSSR count). The zero-order chi connectivity index (χ0) is 18.7. The molecule has 7 heteroatoms. The van der Waals surface area contributed by atoms with Crippen molar-refractivity contribution < 1.29 is 19.1 Å². The molecule has 0 N–H and O–H groups in total. The third kappa shape index (κ3) is 3.19. The van der Waals surface area contributed by atoms with Gasteiger partial charge in [0.2, 0.25) is 0 Å². The smallest absolute Gasteiger partial charge is 0.357 e. The molecule has 3 aromatic rings. The average Bonchev–Trinajstić information content (AvgIpc) is 3.08. The Labute approximate surface area is 154 Å². The van der Waals surface area contributed by atoms with Crippen molar-refractivity contribution in [2.24, 2.45) is 0 Å². The molecule has 0 aliphatic rings. The van der Waals surface area contributed by atoms with Crippen LogP contribution in [0.2, 0.25) is 5.02 Å². The SMILES string of the molecule is COC(=O)c1c(-c2cccc(Cl)c2)nn(-c2ccccc2)c1C(=O)OC. The molecular formula is C19H15ClN2O4. The maximum Gasteiger partial charge on any atom is 0.357 e. The van der Waals surface area contributed by atoms with E-state index in [0.717, 1.165) is 0 Å². The predicted octanol–water partition coefficient (Wildman–Crippen LogP) is 3.77. The number of carbonyl (C=O) groups excluding carboxylic acids is 2. The normalized spacial score (nSPS) is 10.4. The first kappa shape index (κ1) is 17.7. The summed E-state index contributed by atoms with van der Waals surface area (Å²) in [6, 6.07) is 15.8. The summed E-state index contributed by atoms with van der Waals surface area (Å²) in [6.45, 7) is 0. The van der Waals surface area contributed by atoms with Gasteiger partial charge in [0.25, 0.3) is 0 Å². The monoisotopic (exact) mass is 370 g/mol. The number of ether oxygens (including phenoxy) is 2. The average molecular weight is 371 g/mol. The highest BCUT2D eigenvalue weighted by atomic mass is 35.5. The van der Waals surface area contributed by atoms with Crippen LogP contribution in [-0.4, -0.2) is 35.9 Å². The minimum absolute atomic E-state index is 0.0134. The van der Waals surface area contributed by atoms with Crippen LogP contribution >= 0.6 is 11.6 Å². The maximum atomic E-state index is 12.5. The lowest BCUT2D eigenvalue weighted by atomic mass is 10.1. The second-order valence-corrected chi connectivity index (χ2v) is 5.75. The number of methoxy groups -OCH3 is 2. The summed E-state index contributed by atoms with van der Waals surface area (Å²) >= 11 is 6.07. The number of rotatable bonds is 4. The van der Waals surface area contributed by atoms with Crippen molar-refractivity contribution in [3.8, 4) is 16.9 Å². The van der Waals surface area contributed by atoms with Gasteiger partial charge in [-0.3, -0.25) is 0 Å². The van der Waals surface area contributed by atoms with Gasteiger partial charge in [-0.15, -0.1) is 0 Å². The Balaban J connectivity index is 2.36. The number of para-hydroxylation sites is 1. The molecule has 0 saturated carbocycles. The van der Waals surface area contributed by atoms with Gasteiger partial charge in [0, 0.05) is 10.6 Å². The van der Waals surface area contributed by atoms with Crippen LogP contribution in [0.15, 0.2) is 54.6 Å². The number of halogens is 1. The Morgan fingerprint density at radius 3 is 2.27 bits per heavy atom. The largest absolute Gasteiger partial charge is 0.465 e. The third-order valence-electron chi connectivity index (χ3n) is 3.75. The van der Waals surface area contributed by atoms with E-state index in [1.54, 1.807) is 48.5 Å². The van der Waals surface area contributed by atoms with E-state index >= 15 is 0 Å². The molecule has 0 atom stereocenters. The summed E-state index contributed by atoms with van der Waals surface area (Å²) in [5, 5.41) is 4.97. The molecule has 0 spiro atoms. The molecule has 0 bridgehead atoms. The van der Waals surface area contributed by atoms with Crippen LogP contribution in [0, 0.1) is 0 Å². The number of nitrogens with zero attached hydrogens (tertiary/aromatic N) is 2.